The lowest BCUT2D eigenvalue weighted by atomic mass is 9.40. The van der Waals surface area contributed by atoms with Crippen LogP contribution in [-0.2, 0) is 9.59 Å². The van der Waals surface area contributed by atoms with E-state index in [1.54, 1.807) is 0 Å². The number of piperidine rings is 2. The normalized spacial score (nSPS) is 70.0. The highest BCUT2D eigenvalue weighted by atomic mass is 16.3. The Hall–Kier alpha value is -1.00. The molecule has 9 rings (SSSR count). The monoisotopic (exact) mass is 325 g/mol. The smallest absolute Gasteiger partial charge is 0.146 e. The van der Waals surface area contributed by atoms with E-state index in [4.69, 9.17) is 0 Å². The number of hydrogen-bond donors (Lipinski definition) is 1. The molecule has 0 aromatic heterocycles. The van der Waals surface area contributed by atoms with E-state index in [0.717, 1.165) is 25.0 Å². The van der Waals surface area contributed by atoms with Crippen molar-refractivity contribution in [3.8, 4) is 0 Å². The van der Waals surface area contributed by atoms with E-state index in [1.807, 2.05) is 0 Å². The summed E-state index contributed by atoms with van der Waals surface area (Å²) >= 11 is 0. The summed E-state index contributed by atoms with van der Waals surface area (Å²) in [6.07, 6.45) is 2.67. The molecular weight excluding hydrogens is 302 g/mol. The van der Waals surface area contributed by atoms with Crippen molar-refractivity contribution in [1.29, 1.82) is 0 Å². The maximum absolute atomic E-state index is 13.5. The van der Waals surface area contributed by atoms with E-state index in [9.17, 15) is 14.7 Å². The fourth-order valence-corrected chi connectivity index (χ4v) is 10.1. The fraction of sp³-hybridized carbons (Fsp3) is 0.800. The molecule has 11 unspecified atom stereocenters. The van der Waals surface area contributed by atoms with Crippen molar-refractivity contribution in [2.75, 3.05) is 6.54 Å². The maximum atomic E-state index is 13.5. The lowest BCUT2D eigenvalue weighted by Crippen LogP contribution is -2.66. The molecule has 24 heavy (non-hydrogen) atoms. The summed E-state index contributed by atoms with van der Waals surface area (Å²) in [6, 6.07) is 0.795. The molecule has 6 aliphatic carbocycles. The number of carbonyl (C=O) groups is 2. The summed E-state index contributed by atoms with van der Waals surface area (Å²) in [6.45, 7) is 7.46. The molecule has 0 amide bonds. The van der Waals surface area contributed by atoms with Gasteiger partial charge in [0.15, 0.2) is 0 Å². The topological polar surface area (TPSA) is 57.6 Å². The second-order valence-corrected chi connectivity index (χ2v) is 10.4. The lowest BCUT2D eigenvalue weighted by molar-refractivity contribution is -0.174. The minimum Gasteiger partial charge on any atom is -0.392 e. The third kappa shape index (κ3) is 0.911. The summed E-state index contributed by atoms with van der Waals surface area (Å²) in [5.41, 5.74) is 0.763. The van der Waals surface area contributed by atoms with E-state index in [2.05, 4.69) is 18.4 Å². The first-order chi connectivity index (χ1) is 11.4. The Labute approximate surface area is 141 Å². The zero-order valence-electron chi connectivity index (χ0n) is 14.0. The molecule has 0 aromatic carbocycles. The standard InChI is InChI=1S/C20H23NO3/c1-8-3-19-6-10-15-18(2)4-9(22)5-20(15)16(19)14(24)11(8)13(23)12(19)17(20)21(10)7-18/h10-13,15-17,23H,1,3-7H2,2H3. The number of aliphatic hydroxyl groups excluding tert-OH is 1. The molecule has 9 aliphatic rings. The molecule has 3 heterocycles. The van der Waals surface area contributed by atoms with Gasteiger partial charge in [0.25, 0.3) is 0 Å². The van der Waals surface area contributed by atoms with Gasteiger partial charge in [0.05, 0.1) is 12.0 Å². The Bertz CT molecular complexity index is 790. The van der Waals surface area contributed by atoms with E-state index >= 15 is 0 Å². The summed E-state index contributed by atoms with van der Waals surface area (Å²) in [5, 5.41) is 11.1. The molecule has 1 N–H and O–H groups in total. The average Bonchev–Trinajstić information content (AvgIpc) is 2.88. The summed E-state index contributed by atoms with van der Waals surface area (Å²) < 4.78 is 0. The van der Waals surface area contributed by atoms with E-state index in [-0.39, 0.29) is 45.8 Å². The summed E-state index contributed by atoms with van der Waals surface area (Å²) in [4.78, 5) is 28.9. The molecular formula is C20H23NO3. The van der Waals surface area contributed by atoms with Crippen LogP contribution in [-0.4, -0.2) is 46.3 Å². The fourth-order valence-electron chi connectivity index (χ4n) is 10.1. The highest BCUT2D eigenvalue weighted by molar-refractivity contribution is 5.94. The number of carbonyl (C=O) groups excluding carboxylic acids is 2. The van der Waals surface area contributed by atoms with Crippen LogP contribution < -0.4 is 0 Å². The molecule has 3 aliphatic heterocycles. The predicted molar refractivity (Wildman–Crippen MR) is 84.8 cm³/mol. The Kier molecular flexibility index (Phi) is 1.77. The Morgan fingerprint density at radius 2 is 2.04 bits per heavy atom. The van der Waals surface area contributed by atoms with Crippen molar-refractivity contribution in [1.82, 2.24) is 4.90 Å². The first kappa shape index (κ1) is 13.2. The Morgan fingerprint density at radius 3 is 2.83 bits per heavy atom. The highest BCUT2D eigenvalue weighted by Crippen LogP contribution is 2.86. The molecule has 9 bridgehead atoms. The van der Waals surface area contributed by atoms with Gasteiger partial charge in [0.2, 0.25) is 0 Å². The van der Waals surface area contributed by atoms with Gasteiger partial charge in [-0.25, -0.2) is 0 Å². The number of aliphatic hydroxyl groups is 1. The SMILES string of the molecule is C=C1CC23CC4C5C6(C)CC(=O)CC57C(C2C(O)C1C(=O)C37)N4C6. The third-order valence-electron chi connectivity index (χ3n) is 9.70. The first-order valence-corrected chi connectivity index (χ1v) is 9.52. The molecule has 126 valence electrons. The Balaban J connectivity index is 1.57. The zero-order chi connectivity index (χ0) is 16.4. The van der Waals surface area contributed by atoms with Gasteiger partial charge >= 0.3 is 0 Å². The molecule has 4 nitrogen and oxygen atoms in total. The van der Waals surface area contributed by atoms with Crippen LogP contribution in [0.3, 0.4) is 0 Å². The van der Waals surface area contributed by atoms with Crippen LogP contribution in [0.25, 0.3) is 0 Å². The number of rotatable bonds is 0. The molecule has 9 fully saturated rings. The molecule has 3 saturated heterocycles. The number of hydrogen-bond acceptors (Lipinski definition) is 4. The van der Waals surface area contributed by atoms with Crippen LogP contribution in [0.4, 0.5) is 0 Å². The van der Waals surface area contributed by atoms with Gasteiger partial charge in [-0.2, -0.15) is 0 Å². The molecule has 11 atom stereocenters. The number of Topliss-reactive ketones (excluding diaryl/α,β-unsaturated/α-hetero) is 2. The summed E-state index contributed by atoms with van der Waals surface area (Å²) in [5.74, 6) is 0.920. The summed E-state index contributed by atoms with van der Waals surface area (Å²) in [7, 11) is 0. The minimum atomic E-state index is -0.567. The van der Waals surface area contributed by atoms with Crippen molar-refractivity contribution in [2.24, 2.45) is 39.9 Å². The molecule has 6 saturated carbocycles. The van der Waals surface area contributed by atoms with Gasteiger partial charge in [0.1, 0.15) is 11.6 Å². The van der Waals surface area contributed by atoms with Crippen LogP contribution in [0, 0.1) is 39.9 Å². The average molecular weight is 325 g/mol. The van der Waals surface area contributed by atoms with Gasteiger partial charge < -0.3 is 5.11 Å². The van der Waals surface area contributed by atoms with Crippen molar-refractivity contribution in [3.63, 3.8) is 0 Å². The minimum absolute atomic E-state index is 0.00836. The van der Waals surface area contributed by atoms with Crippen LogP contribution in [0.15, 0.2) is 12.2 Å². The molecule has 4 heteroatoms. The van der Waals surface area contributed by atoms with E-state index in [1.165, 1.54) is 0 Å². The second kappa shape index (κ2) is 3.21. The van der Waals surface area contributed by atoms with Crippen LogP contribution in [0.2, 0.25) is 0 Å². The third-order valence-corrected chi connectivity index (χ3v) is 9.70. The van der Waals surface area contributed by atoms with E-state index in [0.29, 0.717) is 30.6 Å². The van der Waals surface area contributed by atoms with Gasteiger partial charge in [-0.3, -0.25) is 14.5 Å². The van der Waals surface area contributed by atoms with Crippen molar-refractivity contribution < 1.29 is 14.7 Å². The predicted octanol–water partition coefficient (Wildman–Crippen LogP) is 1.18. The highest BCUT2D eigenvalue weighted by Gasteiger charge is 2.90. The van der Waals surface area contributed by atoms with Crippen LogP contribution in [0.5, 0.6) is 0 Å². The quantitative estimate of drug-likeness (QED) is 0.680. The van der Waals surface area contributed by atoms with E-state index < -0.39 is 6.10 Å². The van der Waals surface area contributed by atoms with Gasteiger partial charge in [0, 0.05) is 48.7 Å². The molecule has 0 aromatic rings. The van der Waals surface area contributed by atoms with Gasteiger partial charge in [-0.15, -0.1) is 0 Å². The number of ketones is 2. The van der Waals surface area contributed by atoms with Gasteiger partial charge in [-0.05, 0) is 29.6 Å². The van der Waals surface area contributed by atoms with Crippen molar-refractivity contribution >= 4 is 11.6 Å². The first-order valence-electron chi connectivity index (χ1n) is 9.52. The zero-order valence-corrected chi connectivity index (χ0v) is 14.0. The van der Waals surface area contributed by atoms with Gasteiger partial charge in [-0.1, -0.05) is 19.1 Å². The molecule has 0 radical (unpaired) electrons. The van der Waals surface area contributed by atoms with Crippen LogP contribution in [0.1, 0.15) is 32.6 Å². The van der Waals surface area contributed by atoms with Crippen molar-refractivity contribution in [2.45, 2.75) is 50.8 Å². The lowest BCUT2D eigenvalue weighted by Gasteiger charge is -2.62. The largest absolute Gasteiger partial charge is 0.392 e. The second-order valence-electron chi connectivity index (χ2n) is 10.4. The number of fused-ring (bicyclic) bond motifs is 1. The Morgan fingerprint density at radius 1 is 1.25 bits per heavy atom. The molecule has 2 spiro atoms. The van der Waals surface area contributed by atoms with Crippen LogP contribution >= 0.6 is 0 Å². The maximum Gasteiger partial charge on any atom is 0.146 e. The number of nitrogens with zero attached hydrogens (tertiary/aromatic N) is 1. The van der Waals surface area contributed by atoms with Crippen molar-refractivity contribution in [3.05, 3.63) is 12.2 Å².